The number of amides is 1. The molecule has 0 aliphatic carbocycles. The molecule has 1 saturated heterocycles. The zero-order valence-electron chi connectivity index (χ0n) is 15.3. The lowest BCUT2D eigenvalue weighted by molar-refractivity contribution is -0.129. The zero-order valence-corrected chi connectivity index (χ0v) is 15.3. The molecular weight excluding hydrogens is 316 g/mol. The monoisotopic (exact) mass is 342 g/mol. The van der Waals surface area contributed by atoms with Crippen LogP contribution < -0.4 is 5.32 Å². The molecule has 2 atom stereocenters. The molecule has 6 heteroatoms. The van der Waals surface area contributed by atoms with Crippen molar-refractivity contribution in [3.63, 3.8) is 0 Å². The van der Waals surface area contributed by atoms with E-state index >= 15 is 0 Å². The fraction of sp³-hybridized carbons (Fsp3) is 0.526. The van der Waals surface area contributed by atoms with Gasteiger partial charge in [0.2, 0.25) is 5.91 Å². The van der Waals surface area contributed by atoms with Crippen molar-refractivity contribution in [2.75, 3.05) is 6.61 Å². The molecule has 0 saturated carbocycles. The highest BCUT2D eigenvalue weighted by atomic mass is 16.5. The predicted octanol–water partition coefficient (Wildman–Crippen LogP) is 2.68. The summed E-state index contributed by atoms with van der Waals surface area (Å²) in [6.07, 6.45) is 2.61. The van der Waals surface area contributed by atoms with E-state index in [0.717, 1.165) is 17.8 Å². The van der Waals surface area contributed by atoms with Crippen molar-refractivity contribution in [3.05, 3.63) is 42.2 Å². The number of carbonyl (C=O) groups is 1. The van der Waals surface area contributed by atoms with Crippen LogP contribution in [0.25, 0.3) is 5.69 Å². The second-order valence-corrected chi connectivity index (χ2v) is 7.47. The van der Waals surface area contributed by atoms with Crippen molar-refractivity contribution >= 4 is 5.91 Å². The molecule has 0 bridgehead atoms. The topological polar surface area (TPSA) is 69.0 Å². The van der Waals surface area contributed by atoms with Crippen LogP contribution in [-0.4, -0.2) is 33.6 Å². The minimum Gasteiger partial charge on any atom is -0.377 e. The number of ether oxygens (including phenoxy) is 1. The molecule has 1 aliphatic heterocycles. The Bertz CT molecular complexity index is 724. The van der Waals surface area contributed by atoms with E-state index in [1.165, 1.54) is 0 Å². The molecular formula is C19H26N4O2. The molecule has 2 aromatic rings. The molecule has 0 radical (unpaired) electrons. The Kier molecular flexibility index (Phi) is 4.90. The van der Waals surface area contributed by atoms with Crippen LogP contribution in [0.2, 0.25) is 0 Å². The van der Waals surface area contributed by atoms with E-state index in [9.17, 15) is 4.79 Å². The van der Waals surface area contributed by atoms with Gasteiger partial charge in [0.25, 0.3) is 0 Å². The fourth-order valence-corrected chi connectivity index (χ4v) is 3.27. The summed E-state index contributed by atoms with van der Waals surface area (Å²) in [5.41, 5.74) is 1.06. The Labute approximate surface area is 148 Å². The van der Waals surface area contributed by atoms with Crippen molar-refractivity contribution in [2.24, 2.45) is 11.8 Å². The highest BCUT2D eigenvalue weighted by Gasteiger charge is 2.38. The smallest absolute Gasteiger partial charge is 0.226 e. The normalized spacial score (nSPS) is 20.8. The van der Waals surface area contributed by atoms with Crippen LogP contribution >= 0.6 is 0 Å². The maximum Gasteiger partial charge on any atom is 0.226 e. The molecule has 1 aromatic heterocycles. The summed E-state index contributed by atoms with van der Waals surface area (Å²) in [5, 5.41) is 11.6. The molecule has 1 aromatic carbocycles. The number of nitrogens with zero attached hydrogens (tertiary/aromatic N) is 3. The number of hydrogen-bond acceptors (Lipinski definition) is 4. The van der Waals surface area contributed by atoms with Gasteiger partial charge in [-0.3, -0.25) is 4.79 Å². The van der Waals surface area contributed by atoms with Crippen molar-refractivity contribution in [3.8, 4) is 5.69 Å². The van der Waals surface area contributed by atoms with Gasteiger partial charge in [-0.15, -0.1) is 5.10 Å². The predicted molar refractivity (Wildman–Crippen MR) is 95.2 cm³/mol. The van der Waals surface area contributed by atoms with E-state index in [-0.39, 0.29) is 17.9 Å². The van der Waals surface area contributed by atoms with Gasteiger partial charge in [-0.05, 0) is 38.3 Å². The maximum atomic E-state index is 12.8. The van der Waals surface area contributed by atoms with Crippen LogP contribution in [0.3, 0.4) is 0 Å². The Morgan fingerprint density at radius 1 is 1.32 bits per heavy atom. The van der Waals surface area contributed by atoms with Gasteiger partial charge in [0, 0.05) is 6.61 Å². The van der Waals surface area contributed by atoms with E-state index in [1.54, 1.807) is 4.68 Å². The van der Waals surface area contributed by atoms with Crippen LogP contribution in [0.15, 0.2) is 36.5 Å². The van der Waals surface area contributed by atoms with Gasteiger partial charge in [-0.1, -0.05) is 37.3 Å². The molecule has 2 heterocycles. The van der Waals surface area contributed by atoms with Crippen LogP contribution in [0.5, 0.6) is 0 Å². The molecule has 1 N–H and O–H groups in total. The lowest BCUT2D eigenvalue weighted by atomic mass is 9.90. The minimum absolute atomic E-state index is 0.0178. The van der Waals surface area contributed by atoms with Gasteiger partial charge >= 0.3 is 0 Å². The molecule has 25 heavy (non-hydrogen) atoms. The van der Waals surface area contributed by atoms with Crippen LogP contribution in [-0.2, 0) is 15.1 Å². The van der Waals surface area contributed by atoms with Crippen LogP contribution in [0.4, 0.5) is 0 Å². The summed E-state index contributed by atoms with van der Waals surface area (Å²) in [4.78, 5) is 12.8. The summed E-state index contributed by atoms with van der Waals surface area (Å²) in [6.45, 7) is 8.72. The Balaban J connectivity index is 1.74. The number of benzene rings is 1. The van der Waals surface area contributed by atoms with Crippen LogP contribution in [0.1, 0.15) is 39.8 Å². The number of carbonyl (C=O) groups excluding carboxylic acids is 1. The number of rotatable bonds is 5. The summed E-state index contributed by atoms with van der Waals surface area (Å²) >= 11 is 0. The molecule has 1 aliphatic rings. The highest BCUT2D eigenvalue weighted by Crippen LogP contribution is 2.28. The van der Waals surface area contributed by atoms with E-state index in [2.05, 4.69) is 29.5 Å². The SMILES string of the molecule is CC(C)[C@@H]1OCC[C@@H]1C(=O)NC(C)(C)c1cn(-c2ccccc2)nn1. The van der Waals surface area contributed by atoms with Gasteiger partial charge in [0.15, 0.2) is 0 Å². The number of hydrogen-bond donors (Lipinski definition) is 1. The fourth-order valence-electron chi connectivity index (χ4n) is 3.27. The molecule has 0 unspecified atom stereocenters. The van der Waals surface area contributed by atoms with Crippen molar-refractivity contribution in [2.45, 2.75) is 45.8 Å². The molecule has 0 spiro atoms. The quantitative estimate of drug-likeness (QED) is 0.907. The van der Waals surface area contributed by atoms with E-state index in [4.69, 9.17) is 4.74 Å². The first-order valence-corrected chi connectivity index (χ1v) is 8.80. The van der Waals surface area contributed by atoms with Crippen molar-refractivity contribution in [1.82, 2.24) is 20.3 Å². The third-order valence-electron chi connectivity index (χ3n) is 4.72. The third kappa shape index (κ3) is 3.74. The molecule has 1 fully saturated rings. The van der Waals surface area contributed by atoms with E-state index < -0.39 is 5.54 Å². The third-order valence-corrected chi connectivity index (χ3v) is 4.72. The number of aromatic nitrogens is 3. The van der Waals surface area contributed by atoms with Crippen molar-refractivity contribution < 1.29 is 9.53 Å². The molecule has 1 amide bonds. The Morgan fingerprint density at radius 2 is 2.04 bits per heavy atom. The number of nitrogens with one attached hydrogen (secondary N) is 1. The van der Waals surface area contributed by atoms with E-state index in [0.29, 0.717) is 12.5 Å². The molecule has 3 rings (SSSR count). The van der Waals surface area contributed by atoms with E-state index in [1.807, 2.05) is 50.4 Å². The van der Waals surface area contributed by atoms with Gasteiger partial charge in [0.1, 0.15) is 5.69 Å². The lowest BCUT2D eigenvalue weighted by Crippen LogP contribution is -2.46. The molecule has 6 nitrogen and oxygen atoms in total. The maximum absolute atomic E-state index is 12.8. The zero-order chi connectivity index (χ0) is 18.0. The van der Waals surface area contributed by atoms with Gasteiger partial charge < -0.3 is 10.1 Å². The van der Waals surface area contributed by atoms with Gasteiger partial charge in [0.05, 0.1) is 29.4 Å². The lowest BCUT2D eigenvalue weighted by Gasteiger charge is -2.28. The summed E-state index contributed by atoms with van der Waals surface area (Å²) in [5.74, 6) is 0.235. The first kappa shape index (κ1) is 17.6. The molecule has 134 valence electrons. The largest absolute Gasteiger partial charge is 0.377 e. The Morgan fingerprint density at radius 3 is 2.72 bits per heavy atom. The Hall–Kier alpha value is -2.21. The first-order valence-electron chi connectivity index (χ1n) is 8.80. The first-order chi connectivity index (χ1) is 11.9. The standard InChI is InChI=1S/C19H26N4O2/c1-13(2)17-15(10-11-25-17)18(24)20-19(3,4)16-12-23(22-21-16)14-8-6-5-7-9-14/h5-9,12-13,15,17H,10-11H2,1-4H3,(H,20,24)/t15-,17-/m0/s1. The highest BCUT2D eigenvalue weighted by molar-refractivity contribution is 5.80. The average molecular weight is 342 g/mol. The van der Waals surface area contributed by atoms with Gasteiger partial charge in [-0.25, -0.2) is 4.68 Å². The number of para-hydroxylation sites is 1. The summed E-state index contributed by atoms with van der Waals surface area (Å²) in [6, 6.07) is 9.80. The summed E-state index contributed by atoms with van der Waals surface area (Å²) < 4.78 is 7.46. The van der Waals surface area contributed by atoms with Gasteiger partial charge in [-0.2, -0.15) is 0 Å². The van der Waals surface area contributed by atoms with Crippen molar-refractivity contribution in [1.29, 1.82) is 0 Å². The minimum atomic E-state index is -0.603. The average Bonchev–Trinajstić information content (AvgIpc) is 3.25. The second-order valence-electron chi connectivity index (χ2n) is 7.47. The van der Waals surface area contributed by atoms with Crippen LogP contribution in [0, 0.1) is 11.8 Å². The summed E-state index contributed by atoms with van der Waals surface area (Å²) in [7, 11) is 0. The second kappa shape index (κ2) is 6.96.